The Bertz CT molecular complexity index is 1440. The number of fused-ring (bicyclic) bond motifs is 1. The summed E-state index contributed by atoms with van der Waals surface area (Å²) in [7, 11) is 0. The van der Waals surface area contributed by atoms with Crippen LogP contribution in [0.5, 0.6) is 0 Å². The van der Waals surface area contributed by atoms with Crippen molar-refractivity contribution >= 4 is 102 Å². The third-order valence-electron chi connectivity index (χ3n) is 4.48. The molecule has 7 nitrogen and oxygen atoms in total. The van der Waals surface area contributed by atoms with Gasteiger partial charge in [-0.3, -0.25) is 24.1 Å². The van der Waals surface area contributed by atoms with Crippen LogP contribution >= 0.6 is 62.5 Å². The number of imide groups is 1. The predicted octanol–water partition coefficient (Wildman–Crippen LogP) is 6.19. The van der Waals surface area contributed by atoms with Crippen molar-refractivity contribution in [2.24, 2.45) is 0 Å². The smallest absolute Gasteiger partial charge is 0.294 e. The summed E-state index contributed by atoms with van der Waals surface area (Å²) in [5.41, 5.74) is 0.112. The molecule has 0 atom stereocenters. The van der Waals surface area contributed by atoms with Crippen molar-refractivity contribution < 1.29 is 18.8 Å². The summed E-state index contributed by atoms with van der Waals surface area (Å²) in [4.78, 5) is 51.0. The first kappa shape index (κ1) is 23.8. The zero-order chi connectivity index (χ0) is 23.9. The number of hydrogen-bond acceptors (Lipinski definition) is 6. The van der Waals surface area contributed by atoms with Crippen molar-refractivity contribution in [3.8, 4) is 0 Å². The Morgan fingerprint density at radius 3 is 2.61 bits per heavy atom. The zero-order valence-electron chi connectivity index (χ0n) is 16.2. The molecule has 0 saturated carbocycles. The Labute approximate surface area is 213 Å². The standard InChI is InChI=1S/C21H10BrCl3N2O5S/c22-13-2-1-11(6-14(13)24)26-17(28)7-27-20(30)16(33-21(27)31)3-9-8-32-19-12(18(9)29)4-10(23)5-15(19)25/h1-6,8H,7H2,(H,26,28)/b16-3-. The largest absolute Gasteiger partial charge is 0.462 e. The minimum Gasteiger partial charge on any atom is -0.462 e. The highest BCUT2D eigenvalue weighted by molar-refractivity contribution is 9.10. The molecular formula is C21H10BrCl3N2O5S. The van der Waals surface area contributed by atoms with Crippen LogP contribution in [0.3, 0.4) is 0 Å². The van der Waals surface area contributed by atoms with E-state index in [1.54, 1.807) is 12.1 Å². The molecule has 0 bridgehead atoms. The van der Waals surface area contributed by atoms with Gasteiger partial charge in [-0.1, -0.05) is 34.8 Å². The first-order valence-electron chi connectivity index (χ1n) is 9.05. The number of carbonyl (C=O) groups excluding carboxylic acids is 3. The number of anilines is 1. The number of hydrogen-bond donors (Lipinski definition) is 1. The fraction of sp³-hybridized carbons (Fsp3) is 0.0476. The van der Waals surface area contributed by atoms with Crippen LogP contribution in [0.25, 0.3) is 17.0 Å². The predicted molar refractivity (Wildman–Crippen MR) is 133 cm³/mol. The third kappa shape index (κ3) is 4.97. The molecule has 3 aromatic rings. The van der Waals surface area contributed by atoms with E-state index in [2.05, 4.69) is 21.2 Å². The summed E-state index contributed by atoms with van der Waals surface area (Å²) in [6, 6.07) is 7.62. The summed E-state index contributed by atoms with van der Waals surface area (Å²) in [6.07, 6.45) is 2.37. The highest BCUT2D eigenvalue weighted by Crippen LogP contribution is 2.33. The molecule has 0 radical (unpaired) electrons. The Morgan fingerprint density at radius 1 is 1.12 bits per heavy atom. The summed E-state index contributed by atoms with van der Waals surface area (Å²) in [5.74, 6) is -1.30. The van der Waals surface area contributed by atoms with Gasteiger partial charge in [0.25, 0.3) is 11.1 Å². The van der Waals surface area contributed by atoms with E-state index in [1.165, 1.54) is 24.3 Å². The van der Waals surface area contributed by atoms with Gasteiger partial charge < -0.3 is 9.73 Å². The monoisotopic (exact) mass is 586 g/mol. The topological polar surface area (TPSA) is 96.7 Å². The molecule has 0 unspecified atom stereocenters. The quantitative estimate of drug-likeness (QED) is 0.365. The molecule has 0 aliphatic carbocycles. The number of nitrogens with zero attached hydrogens (tertiary/aromatic N) is 1. The van der Waals surface area contributed by atoms with Gasteiger partial charge in [-0.05, 0) is 64.1 Å². The molecular weight excluding hydrogens is 579 g/mol. The third-order valence-corrected chi connectivity index (χ3v) is 7.12. The van der Waals surface area contributed by atoms with Gasteiger partial charge in [-0.15, -0.1) is 0 Å². The normalized spacial score (nSPS) is 15.0. The van der Waals surface area contributed by atoms with E-state index in [-0.39, 0.29) is 31.5 Å². The molecule has 1 saturated heterocycles. The van der Waals surface area contributed by atoms with E-state index in [0.29, 0.717) is 26.9 Å². The lowest BCUT2D eigenvalue weighted by Crippen LogP contribution is -2.36. The van der Waals surface area contributed by atoms with Gasteiger partial charge >= 0.3 is 0 Å². The van der Waals surface area contributed by atoms with Crippen molar-refractivity contribution in [1.29, 1.82) is 0 Å². The van der Waals surface area contributed by atoms with Gasteiger partial charge in [0, 0.05) is 15.2 Å². The summed E-state index contributed by atoms with van der Waals surface area (Å²) >= 11 is 21.9. The van der Waals surface area contributed by atoms with Crippen molar-refractivity contribution in [1.82, 2.24) is 4.90 Å². The number of carbonyl (C=O) groups is 3. The van der Waals surface area contributed by atoms with Crippen LogP contribution in [0.2, 0.25) is 15.1 Å². The van der Waals surface area contributed by atoms with Gasteiger partial charge in [0.15, 0.2) is 11.0 Å². The number of thioether (sulfide) groups is 1. The zero-order valence-corrected chi connectivity index (χ0v) is 20.8. The van der Waals surface area contributed by atoms with E-state index < -0.39 is 29.0 Å². The average Bonchev–Trinajstić information content (AvgIpc) is 3.00. The second-order valence-electron chi connectivity index (χ2n) is 6.73. The SMILES string of the molecule is O=C(CN1C(=O)S/C(=C\c2coc3c(Cl)cc(Cl)cc3c2=O)C1=O)Nc1ccc(Br)c(Cl)c1. The van der Waals surface area contributed by atoms with E-state index in [1.807, 2.05) is 0 Å². The fourth-order valence-electron chi connectivity index (χ4n) is 2.98. The number of amides is 3. The van der Waals surface area contributed by atoms with Crippen LogP contribution in [0.4, 0.5) is 10.5 Å². The van der Waals surface area contributed by atoms with Gasteiger partial charge in [-0.2, -0.15) is 0 Å². The first-order valence-corrected chi connectivity index (χ1v) is 11.8. The van der Waals surface area contributed by atoms with Gasteiger partial charge in [-0.25, -0.2) is 0 Å². The van der Waals surface area contributed by atoms with Crippen molar-refractivity contribution in [2.45, 2.75) is 0 Å². The lowest BCUT2D eigenvalue weighted by molar-refractivity contribution is -0.127. The van der Waals surface area contributed by atoms with Crippen LogP contribution in [0.15, 0.2) is 55.2 Å². The lowest BCUT2D eigenvalue weighted by atomic mass is 10.1. The van der Waals surface area contributed by atoms with Gasteiger partial charge in [0.1, 0.15) is 12.8 Å². The second kappa shape index (κ2) is 9.52. The van der Waals surface area contributed by atoms with Crippen molar-refractivity contribution in [3.05, 3.63) is 76.8 Å². The molecule has 2 aromatic carbocycles. The maximum atomic E-state index is 12.8. The number of rotatable bonds is 4. The van der Waals surface area contributed by atoms with Crippen LogP contribution in [-0.4, -0.2) is 28.5 Å². The van der Waals surface area contributed by atoms with Crippen LogP contribution in [0, 0.1) is 0 Å². The lowest BCUT2D eigenvalue weighted by Gasteiger charge is -2.12. The average molecular weight is 589 g/mol. The maximum Gasteiger partial charge on any atom is 0.294 e. The molecule has 33 heavy (non-hydrogen) atoms. The summed E-state index contributed by atoms with van der Waals surface area (Å²) in [5, 5.41) is 2.86. The van der Waals surface area contributed by atoms with Crippen LogP contribution in [0.1, 0.15) is 5.56 Å². The minimum absolute atomic E-state index is 0.0280. The maximum absolute atomic E-state index is 12.8. The highest BCUT2D eigenvalue weighted by atomic mass is 79.9. The molecule has 168 valence electrons. The Hall–Kier alpha value is -2.30. The Balaban J connectivity index is 1.55. The van der Waals surface area contributed by atoms with E-state index >= 15 is 0 Å². The molecule has 12 heteroatoms. The van der Waals surface area contributed by atoms with Gasteiger partial charge in [0.2, 0.25) is 5.91 Å². The second-order valence-corrected chi connectivity index (χ2v) is 9.83. The molecule has 2 heterocycles. The minimum atomic E-state index is -0.711. The van der Waals surface area contributed by atoms with E-state index in [0.717, 1.165) is 11.2 Å². The molecule has 4 rings (SSSR count). The molecule has 0 spiro atoms. The molecule has 1 N–H and O–H groups in total. The number of benzene rings is 2. The molecule has 1 aromatic heterocycles. The first-order chi connectivity index (χ1) is 15.6. The fourth-order valence-corrected chi connectivity index (χ4v) is 4.77. The van der Waals surface area contributed by atoms with Crippen LogP contribution < -0.4 is 10.7 Å². The summed E-state index contributed by atoms with van der Waals surface area (Å²) < 4.78 is 6.08. The Morgan fingerprint density at radius 2 is 1.88 bits per heavy atom. The van der Waals surface area contributed by atoms with Crippen molar-refractivity contribution in [3.63, 3.8) is 0 Å². The highest BCUT2D eigenvalue weighted by Gasteiger charge is 2.36. The van der Waals surface area contributed by atoms with Crippen LogP contribution in [-0.2, 0) is 9.59 Å². The Kier molecular flexibility index (Phi) is 6.88. The summed E-state index contributed by atoms with van der Waals surface area (Å²) in [6.45, 7) is -0.507. The molecule has 1 fully saturated rings. The number of halogens is 4. The molecule has 3 amide bonds. The molecule has 1 aliphatic rings. The van der Waals surface area contributed by atoms with E-state index in [4.69, 9.17) is 39.2 Å². The van der Waals surface area contributed by atoms with Crippen molar-refractivity contribution in [2.75, 3.05) is 11.9 Å². The number of nitrogens with one attached hydrogen (secondary N) is 1. The molecule has 1 aliphatic heterocycles. The van der Waals surface area contributed by atoms with Gasteiger partial charge in [0.05, 0.1) is 25.9 Å². The van der Waals surface area contributed by atoms with E-state index in [9.17, 15) is 19.2 Å².